The normalized spacial score (nSPS) is 9.87. The van der Waals surface area contributed by atoms with E-state index in [-0.39, 0.29) is 5.91 Å². The van der Waals surface area contributed by atoms with Crippen molar-refractivity contribution in [1.29, 1.82) is 0 Å². The van der Waals surface area contributed by atoms with Crippen molar-refractivity contribution in [3.8, 4) is 0 Å². The average molecular weight is 223 g/mol. The van der Waals surface area contributed by atoms with Crippen LogP contribution < -0.4 is 5.32 Å². The molecule has 0 saturated carbocycles. The highest BCUT2D eigenvalue weighted by Gasteiger charge is 1.99. The molecule has 0 saturated heterocycles. The monoisotopic (exact) mass is 223 g/mol. The van der Waals surface area contributed by atoms with E-state index in [0.717, 1.165) is 19.3 Å². The number of carbonyl (C=O) groups is 1. The van der Waals surface area contributed by atoms with Crippen molar-refractivity contribution >= 4 is 17.2 Å². The summed E-state index contributed by atoms with van der Waals surface area (Å²) in [6.07, 6.45) is 5.46. The number of hydrogen-bond donors (Lipinski definition) is 1. The van der Waals surface area contributed by atoms with Crippen molar-refractivity contribution in [2.75, 3.05) is 6.54 Å². The number of unbranched alkanes of at least 4 members (excludes halogenated alkanes) is 1. The largest absolute Gasteiger partial charge is 0.353 e. The third-order valence-electron chi connectivity index (χ3n) is 2.10. The van der Waals surface area contributed by atoms with E-state index >= 15 is 0 Å². The molecule has 0 aliphatic carbocycles. The minimum atomic E-state index is 0.126. The number of aryl methyl sites for hydroxylation is 1. The Morgan fingerprint density at radius 2 is 2.40 bits per heavy atom. The predicted molar refractivity (Wildman–Crippen MR) is 65.1 cm³/mol. The first-order chi connectivity index (χ1) is 7.33. The third kappa shape index (κ3) is 5.37. The highest BCUT2D eigenvalue weighted by molar-refractivity contribution is 7.09. The van der Waals surface area contributed by atoms with Crippen LogP contribution in [0, 0.1) is 0 Å². The lowest BCUT2D eigenvalue weighted by molar-refractivity contribution is -0.120. The van der Waals surface area contributed by atoms with Gasteiger partial charge in [-0.2, -0.15) is 0 Å². The first-order valence-corrected chi connectivity index (χ1v) is 6.11. The van der Waals surface area contributed by atoms with Crippen LogP contribution in [0.3, 0.4) is 0 Å². The van der Waals surface area contributed by atoms with Crippen molar-refractivity contribution in [3.05, 3.63) is 35.0 Å². The number of amides is 1. The summed E-state index contributed by atoms with van der Waals surface area (Å²) in [5.74, 6) is 0.126. The van der Waals surface area contributed by atoms with E-state index in [4.69, 9.17) is 0 Å². The molecule has 0 aliphatic rings. The SMILES string of the molecule is C=CCNC(=O)CCCCc1cccs1. The molecular weight excluding hydrogens is 206 g/mol. The van der Waals surface area contributed by atoms with Gasteiger partial charge in [-0.05, 0) is 30.7 Å². The maximum Gasteiger partial charge on any atom is 0.220 e. The van der Waals surface area contributed by atoms with Crippen molar-refractivity contribution < 1.29 is 4.79 Å². The summed E-state index contributed by atoms with van der Waals surface area (Å²) in [6, 6.07) is 4.21. The van der Waals surface area contributed by atoms with Gasteiger partial charge in [-0.15, -0.1) is 17.9 Å². The van der Waals surface area contributed by atoms with Crippen molar-refractivity contribution in [3.63, 3.8) is 0 Å². The molecule has 0 atom stereocenters. The molecule has 1 aromatic rings. The topological polar surface area (TPSA) is 29.1 Å². The summed E-state index contributed by atoms with van der Waals surface area (Å²) in [7, 11) is 0. The van der Waals surface area contributed by atoms with Crippen LogP contribution in [0.5, 0.6) is 0 Å². The van der Waals surface area contributed by atoms with Gasteiger partial charge in [0.05, 0.1) is 0 Å². The van der Waals surface area contributed by atoms with Crippen LogP contribution in [0.15, 0.2) is 30.2 Å². The van der Waals surface area contributed by atoms with Crippen molar-refractivity contribution in [1.82, 2.24) is 5.32 Å². The lowest BCUT2D eigenvalue weighted by atomic mass is 10.1. The van der Waals surface area contributed by atoms with Crippen molar-refractivity contribution in [2.45, 2.75) is 25.7 Å². The van der Waals surface area contributed by atoms with E-state index in [1.54, 1.807) is 17.4 Å². The number of carbonyl (C=O) groups excluding carboxylic acids is 1. The molecule has 0 fully saturated rings. The van der Waals surface area contributed by atoms with Crippen LogP contribution in [-0.2, 0) is 11.2 Å². The molecule has 1 rings (SSSR count). The molecule has 1 aromatic heterocycles. The Labute approximate surface area is 95.0 Å². The van der Waals surface area contributed by atoms with Crippen molar-refractivity contribution in [2.24, 2.45) is 0 Å². The summed E-state index contributed by atoms with van der Waals surface area (Å²) >= 11 is 1.78. The zero-order valence-electron chi connectivity index (χ0n) is 8.87. The van der Waals surface area contributed by atoms with Crippen LogP contribution in [-0.4, -0.2) is 12.5 Å². The minimum Gasteiger partial charge on any atom is -0.353 e. The van der Waals surface area contributed by atoms with Gasteiger partial charge in [0.15, 0.2) is 0 Å². The van der Waals surface area contributed by atoms with E-state index in [0.29, 0.717) is 13.0 Å². The van der Waals surface area contributed by atoms with Crippen LogP contribution in [0.2, 0.25) is 0 Å². The number of rotatable bonds is 7. The van der Waals surface area contributed by atoms with Crippen LogP contribution in [0.4, 0.5) is 0 Å². The highest BCUT2D eigenvalue weighted by atomic mass is 32.1. The first kappa shape index (κ1) is 12.0. The Balaban J connectivity index is 2.01. The van der Waals surface area contributed by atoms with Gasteiger partial charge in [-0.25, -0.2) is 0 Å². The molecule has 1 heterocycles. The smallest absolute Gasteiger partial charge is 0.220 e. The zero-order chi connectivity index (χ0) is 10.9. The maximum absolute atomic E-state index is 11.2. The van der Waals surface area contributed by atoms with Gasteiger partial charge in [-0.3, -0.25) is 4.79 Å². The van der Waals surface area contributed by atoms with Gasteiger partial charge in [0.25, 0.3) is 0 Å². The van der Waals surface area contributed by atoms with Crippen LogP contribution in [0.25, 0.3) is 0 Å². The van der Waals surface area contributed by atoms with E-state index in [2.05, 4.69) is 29.4 Å². The standard InChI is InChI=1S/C12H17NOS/c1-2-9-13-12(14)8-4-3-6-11-7-5-10-15-11/h2,5,7,10H,1,3-4,6,8-9H2,(H,13,14). The minimum absolute atomic E-state index is 0.126. The van der Waals surface area contributed by atoms with Crippen LogP contribution in [0.1, 0.15) is 24.1 Å². The van der Waals surface area contributed by atoms with E-state index in [1.807, 2.05) is 0 Å². The Morgan fingerprint density at radius 1 is 1.53 bits per heavy atom. The fourth-order valence-electron chi connectivity index (χ4n) is 1.31. The summed E-state index contributed by atoms with van der Waals surface area (Å²) < 4.78 is 0. The summed E-state index contributed by atoms with van der Waals surface area (Å²) in [6.45, 7) is 4.12. The Morgan fingerprint density at radius 3 is 3.07 bits per heavy atom. The molecule has 82 valence electrons. The van der Waals surface area contributed by atoms with Gasteiger partial charge in [0, 0.05) is 17.8 Å². The van der Waals surface area contributed by atoms with E-state index in [9.17, 15) is 4.79 Å². The van der Waals surface area contributed by atoms with Gasteiger partial charge in [0.2, 0.25) is 5.91 Å². The average Bonchev–Trinajstić information content (AvgIpc) is 2.74. The van der Waals surface area contributed by atoms with Gasteiger partial charge in [-0.1, -0.05) is 12.1 Å². The molecule has 0 aromatic carbocycles. The fraction of sp³-hybridized carbons (Fsp3) is 0.417. The molecule has 0 bridgehead atoms. The molecule has 15 heavy (non-hydrogen) atoms. The second kappa shape index (κ2) is 7.23. The number of nitrogens with one attached hydrogen (secondary N) is 1. The molecular formula is C12H17NOS. The van der Waals surface area contributed by atoms with Gasteiger partial charge >= 0.3 is 0 Å². The predicted octanol–water partition coefficient (Wildman–Crippen LogP) is 2.76. The third-order valence-corrected chi connectivity index (χ3v) is 3.04. The number of thiophene rings is 1. The Kier molecular flexibility index (Phi) is 5.78. The summed E-state index contributed by atoms with van der Waals surface area (Å²) in [5.41, 5.74) is 0. The summed E-state index contributed by atoms with van der Waals surface area (Å²) in [4.78, 5) is 12.6. The summed E-state index contributed by atoms with van der Waals surface area (Å²) in [5, 5.41) is 4.86. The maximum atomic E-state index is 11.2. The lowest BCUT2D eigenvalue weighted by Gasteiger charge is -2.01. The second-order valence-corrected chi connectivity index (χ2v) is 4.41. The molecule has 0 unspecified atom stereocenters. The van der Waals surface area contributed by atoms with Gasteiger partial charge < -0.3 is 5.32 Å². The van der Waals surface area contributed by atoms with E-state index in [1.165, 1.54) is 4.88 Å². The quantitative estimate of drug-likeness (QED) is 0.559. The Bertz CT molecular complexity index is 293. The highest BCUT2D eigenvalue weighted by Crippen LogP contribution is 2.12. The molecule has 1 N–H and O–H groups in total. The first-order valence-electron chi connectivity index (χ1n) is 5.23. The Hall–Kier alpha value is -1.09. The molecule has 0 aliphatic heterocycles. The fourth-order valence-corrected chi connectivity index (χ4v) is 2.07. The molecule has 1 amide bonds. The lowest BCUT2D eigenvalue weighted by Crippen LogP contribution is -2.22. The van der Waals surface area contributed by atoms with E-state index < -0.39 is 0 Å². The molecule has 0 spiro atoms. The van der Waals surface area contributed by atoms with Gasteiger partial charge in [0.1, 0.15) is 0 Å². The number of hydrogen-bond acceptors (Lipinski definition) is 2. The molecule has 0 radical (unpaired) electrons. The molecule has 3 heteroatoms. The second-order valence-electron chi connectivity index (χ2n) is 3.38. The molecule has 2 nitrogen and oxygen atoms in total. The van der Waals surface area contributed by atoms with Crippen LogP contribution >= 0.6 is 11.3 Å². The zero-order valence-corrected chi connectivity index (χ0v) is 9.69.